The van der Waals surface area contributed by atoms with E-state index in [-0.39, 0.29) is 5.56 Å². The van der Waals surface area contributed by atoms with Gasteiger partial charge in [-0.3, -0.25) is 0 Å². The first-order valence-corrected chi connectivity index (χ1v) is 6.54. The predicted octanol–water partition coefficient (Wildman–Crippen LogP) is 2.37. The summed E-state index contributed by atoms with van der Waals surface area (Å²) in [5.41, 5.74) is 0.776. The minimum absolute atomic E-state index is 0.228. The zero-order chi connectivity index (χ0) is 13.8. The molecule has 100 valence electrons. The van der Waals surface area contributed by atoms with Crippen molar-refractivity contribution in [3.63, 3.8) is 0 Å². The number of rotatable bonds is 5. The Morgan fingerprint density at radius 3 is 3.00 bits per heavy atom. The highest BCUT2D eigenvalue weighted by Crippen LogP contribution is 2.22. The number of nitrogens with zero attached hydrogens (tertiary/aromatic N) is 3. The molecule has 0 saturated heterocycles. The zero-order valence-electron chi connectivity index (χ0n) is 10.3. The Morgan fingerprint density at radius 2 is 2.32 bits per heavy atom. The average molecular weight is 325 g/mol. The molecule has 1 aromatic heterocycles. The molecule has 0 aliphatic heterocycles. The summed E-state index contributed by atoms with van der Waals surface area (Å²) in [6.07, 6.45) is 1.65. The van der Waals surface area contributed by atoms with Gasteiger partial charge in [0, 0.05) is 11.0 Å². The van der Waals surface area contributed by atoms with Gasteiger partial charge in [0.1, 0.15) is 6.33 Å². The number of carbonyl (C=O) groups is 1. The minimum atomic E-state index is -0.966. The molecule has 7 heteroatoms. The Labute approximate surface area is 118 Å². The molecule has 0 fully saturated rings. The highest BCUT2D eigenvalue weighted by molar-refractivity contribution is 9.10. The smallest absolute Gasteiger partial charge is 0.337 e. The van der Waals surface area contributed by atoms with Crippen molar-refractivity contribution in [2.24, 2.45) is 0 Å². The van der Waals surface area contributed by atoms with Gasteiger partial charge >= 0.3 is 5.97 Å². The quantitative estimate of drug-likeness (QED) is 0.882. The number of benzene rings is 1. The molecule has 0 bridgehead atoms. The second-order valence-corrected chi connectivity index (χ2v) is 4.80. The fraction of sp³-hybridized carbons (Fsp3) is 0.250. The van der Waals surface area contributed by atoms with Gasteiger partial charge < -0.3 is 15.0 Å². The predicted molar refractivity (Wildman–Crippen MR) is 74.1 cm³/mol. The fourth-order valence-corrected chi connectivity index (χ4v) is 2.06. The number of aromatic carboxylic acids is 1. The van der Waals surface area contributed by atoms with Crippen LogP contribution in [0.15, 0.2) is 29.0 Å². The zero-order valence-corrected chi connectivity index (χ0v) is 11.9. The molecule has 0 saturated carbocycles. The summed E-state index contributed by atoms with van der Waals surface area (Å²) < 4.78 is 2.71. The highest BCUT2D eigenvalue weighted by atomic mass is 79.9. The molecule has 0 spiro atoms. The molecule has 0 atom stereocenters. The van der Waals surface area contributed by atoms with Crippen LogP contribution in [0.1, 0.15) is 23.1 Å². The maximum atomic E-state index is 11.1. The van der Waals surface area contributed by atoms with Crippen molar-refractivity contribution in [1.29, 1.82) is 0 Å². The molecule has 1 heterocycles. The molecule has 1 aromatic carbocycles. The van der Waals surface area contributed by atoms with E-state index in [4.69, 9.17) is 5.11 Å². The maximum absolute atomic E-state index is 11.1. The third-order valence-corrected chi connectivity index (χ3v) is 3.18. The van der Waals surface area contributed by atoms with E-state index in [1.807, 2.05) is 11.5 Å². The van der Waals surface area contributed by atoms with Gasteiger partial charge in [0.25, 0.3) is 0 Å². The van der Waals surface area contributed by atoms with Crippen molar-refractivity contribution in [2.45, 2.75) is 20.0 Å². The largest absolute Gasteiger partial charge is 0.478 e. The van der Waals surface area contributed by atoms with Gasteiger partial charge in [0.2, 0.25) is 0 Å². The normalized spacial score (nSPS) is 10.4. The molecule has 2 N–H and O–H groups in total. The van der Waals surface area contributed by atoms with Crippen LogP contribution in [-0.4, -0.2) is 25.8 Å². The summed E-state index contributed by atoms with van der Waals surface area (Å²) >= 11 is 3.33. The Morgan fingerprint density at radius 1 is 1.53 bits per heavy atom. The number of nitrogens with one attached hydrogen (secondary N) is 1. The van der Waals surface area contributed by atoms with E-state index < -0.39 is 5.97 Å². The lowest BCUT2D eigenvalue weighted by Gasteiger charge is -2.10. The van der Waals surface area contributed by atoms with Gasteiger partial charge in [0.05, 0.1) is 17.8 Å². The Balaban J connectivity index is 2.19. The molecule has 0 unspecified atom stereocenters. The lowest BCUT2D eigenvalue weighted by molar-refractivity contribution is 0.0698. The summed E-state index contributed by atoms with van der Waals surface area (Å²) in [4.78, 5) is 11.1. The molecule has 0 aliphatic rings. The number of hydrogen-bond donors (Lipinski definition) is 2. The number of aryl methyl sites for hydroxylation is 1. The second-order valence-electron chi connectivity index (χ2n) is 3.88. The summed E-state index contributed by atoms with van der Waals surface area (Å²) in [6.45, 7) is 3.19. The lowest BCUT2D eigenvalue weighted by atomic mass is 10.2. The van der Waals surface area contributed by atoms with E-state index in [0.29, 0.717) is 12.2 Å². The average Bonchev–Trinajstić information content (AvgIpc) is 2.83. The minimum Gasteiger partial charge on any atom is -0.478 e. The van der Waals surface area contributed by atoms with Gasteiger partial charge in [0.15, 0.2) is 5.82 Å². The van der Waals surface area contributed by atoms with Gasteiger partial charge in [-0.15, -0.1) is 10.2 Å². The van der Waals surface area contributed by atoms with Crippen LogP contribution in [0.3, 0.4) is 0 Å². The molecule has 2 rings (SSSR count). The summed E-state index contributed by atoms with van der Waals surface area (Å²) in [6, 6.07) is 4.98. The molecular formula is C12H13BrN4O2. The molecule has 0 amide bonds. The van der Waals surface area contributed by atoms with Crippen molar-refractivity contribution < 1.29 is 9.90 Å². The van der Waals surface area contributed by atoms with Crippen LogP contribution >= 0.6 is 15.9 Å². The monoisotopic (exact) mass is 324 g/mol. The van der Waals surface area contributed by atoms with Crippen LogP contribution in [0, 0.1) is 0 Å². The summed E-state index contributed by atoms with van der Waals surface area (Å²) in [5, 5.41) is 20.0. The Hall–Kier alpha value is -1.89. The first kappa shape index (κ1) is 13.5. The van der Waals surface area contributed by atoms with Crippen molar-refractivity contribution in [3.05, 3.63) is 40.4 Å². The van der Waals surface area contributed by atoms with E-state index in [1.165, 1.54) is 0 Å². The van der Waals surface area contributed by atoms with Crippen molar-refractivity contribution in [1.82, 2.24) is 14.8 Å². The number of carboxylic acids is 1. The molecule has 19 heavy (non-hydrogen) atoms. The number of halogens is 1. The third-order valence-electron chi connectivity index (χ3n) is 2.69. The topological polar surface area (TPSA) is 80.0 Å². The Kier molecular flexibility index (Phi) is 4.16. The van der Waals surface area contributed by atoms with Gasteiger partial charge in [-0.2, -0.15) is 0 Å². The lowest BCUT2D eigenvalue weighted by Crippen LogP contribution is -2.10. The van der Waals surface area contributed by atoms with Gasteiger partial charge in [-0.1, -0.05) is 15.9 Å². The van der Waals surface area contributed by atoms with Crippen LogP contribution in [0.4, 0.5) is 5.69 Å². The number of carboxylic acid groups (broad SMARTS) is 1. The molecular weight excluding hydrogens is 312 g/mol. The van der Waals surface area contributed by atoms with Gasteiger partial charge in [-0.25, -0.2) is 4.79 Å². The van der Waals surface area contributed by atoms with Crippen molar-refractivity contribution in [3.8, 4) is 0 Å². The van der Waals surface area contributed by atoms with Crippen LogP contribution in [-0.2, 0) is 13.1 Å². The van der Waals surface area contributed by atoms with Crippen molar-refractivity contribution in [2.75, 3.05) is 5.32 Å². The molecule has 0 radical (unpaired) electrons. The first-order chi connectivity index (χ1) is 9.11. The SMILES string of the molecule is CCn1cnnc1CNc1cc(Br)ccc1C(=O)O. The summed E-state index contributed by atoms with van der Waals surface area (Å²) in [5.74, 6) is -0.203. The van der Waals surface area contributed by atoms with Gasteiger partial charge in [-0.05, 0) is 25.1 Å². The van der Waals surface area contributed by atoms with E-state index in [0.717, 1.165) is 16.8 Å². The van der Waals surface area contributed by atoms with Crippen LogP contribution in [0.25, 0.3) is 0 Å². The highest BCUT2D eigenvalue weighted by Gasteiger charge is 2.11. The Bertz CT molecular complexity index is 597. The van der Waals surface area contributed by atoms with Crippen LogP contribution < -0.4 is 5.32 Å². The number of anilines is 1. The first-order valence-electron chi connectivity index (χ1n) is 5.75. The third kappa shape index (κ3) is 3.11. The summed E-state index contributed by atoms with van der Waals surface area (Å²) in [7, 11) is 0. The van der Waals surface area contributed by atoms with Crippen molar-refractivity contribution >= 4 is 27.6 Å². The molecule has 2 aromatic rings. The van der Waals surface area contributed by atoms with Crippen LogP contribution in [0.2, 0.25) is 0 Å². The maximum Gasteiger partial charge on any atom is 0.337 e. The molecule has 0 aliphatic carbocycles. The fourth-order valence-electron chi connectivity index (χ4n) is 1.70. The second kappa shape index (κ2) is 5.83. The van der Waals surface area contributed by atoms with E-state index in [9.17, 15) is 4.79 Å². The van der Waals surface area contributed by atoms with E-state index in [1.54, 1.807) is 24.5 Å². The van der Waals surface area contributed by atoms with E-state index >= 15 is 0 Å². The number of hydrogen-bond acceptors (Lipinski definition) is 4. The standard InChI is InChI=1S/C12H13BrN4O2/c1-2-17-7-15-16-11(17)6-14-10-5-8(13)3-4-9(10)12(18)19/h3-5,7,14H,2,6H2,1H3,(H,18,19). The molecule has 6 nitrogen and oxygen atoms in total. The van der Waals surface area contributed by atoms with Crippen LogP contribution in [0.5, 0.6) is 0 Å². The number of aromatic nitrogens is 3. The van der Waals surface area contributed by atoms with E-state index in [2.05, 4.69) is 31.4 Å².